The Labute approximate surface area is 210 Å². The molecule has 10 heteroatoms. The molecule has 180 valence electrons. The minimum absolute atomic E-state index is 0.0163. The zero-order chi connectivity index (χ0) is 25.2. The Bertz CT molecular complexity index is 1440. The molecular formula is C25H16BrClF3NO4. The third-order valence-electron chi connectivity index (χ3n) is 5.10. The largest absolute Gasteiger partial charge is 0.454 e. The Kier molecular flexibility index (Phi) is 7.18. The summed E-state index contributed by atoms with van der Waals surface area (Å²) < 4.78 is 50.6. The third-order valence-corrected chi connectivity index (χ3v) is 5.91. The molecular weight excluding hydrogens is 551 g/mol. The first-order chi connectivity index (χ1) is 16.6. The van der Waals surface area contributed by atoms with Crippen LogP contribution in [-0.2, 0) is 24.1 Å². The van der Waals surface area contributed by atoms with E-state index in [1.807, 2.05) is 6.07 Å². The predicted octanol–water partition coefficient (Wildman–Crippen LogP) is 7.32. The maximum Gasteiger partial charge on any atom is 0.416 e. The fourth-order valence-electron chi connectivity index (χ4n) is 3.40. The summed E-state index contributed by atoms with van der Waals surface area (Å²) in [7, 11) is 0. The Hall–Kier alpha value is -3.30. The molecule has 35 heavy (non-hydrogen) atoms. The number of carbonyl (C=O) groups is 1. The highest BCUT2D eigenvalue weighted by Crippen LogP contribution is 2.34. The number of hydrogen-bond donors (Lipinski definition) is 1. The van der Waals surface area contributed by atoms with Crippen molar-refractivity contribution >= 4 is 44.6 Å². The van der Waals surface area contributed by atoms with Gasteiger partial charge in [0.05, 0.1) is 27.5 Å². The van der Waals surface area contributed by atoms with E-state index in [0.717, 1.165) is 17.7 Å². The zero-order valence-electron chi connectivity index (χ0n) is 17.8. The van der Waals surface area contributed by atoms with Gasteiger partial charge in [0, 0.05) is 10.6 Å². The number of rotatable bonds is 5. The summed E-state index contributed by atoms with van der Waals surface area (Å²) in [5.74, 6) is 0.0163. The summed E-state index contributed by atoms with van der Waals surface area (Å²) in [5.41, 5.74) is -0.131. The number of benzene rings is 3. The van der Waals surface area contributed by atoms with Gasteiger partial charge in [0.2, 0.25) is 0 Å². The molecule has 1 heterocycles. The van der Waals surface area contributed by atoms with Gasteiger partial charge in [0.25, 0.3) is 0 Å². The molecule has 4 aromatic rings. The first kappa shape index (κ1) is 24.8. The lowest BCUT2D eigenvalue weighted by molar-refractivity contribution is -0.137. The van der Waals surface area contributed by atoms with Crippen LogP contribution in [0.25, 0.3) is 22.3 Å². The first-order valence-electron chi connectivity index (χ1n) is 10.2. The number of hydrogen-bond acceptors (Lipinski definition) is 4. The summed E-state index contributed by atoms with van der Waals surface area (Å²) in [5, 5.41) is 2.93. The van der Waals surface area contributed by atoms with E-state index in [1.54, 1.807) is 24.3 Å². The molecule has 0 aliphatic carbocycles. The lowest BCUT2D eigenvalue weighted by Crippen LogP contribution is -2.27. The van der Waals surface area contributed by atoms with Crippen molar-refractivity contribution in [1.82, 2.24) is 5.32 Å². The van der Waals surface area contributed by atoms with E-state index in [0.29, 0.717) is 4.47 Å². The summed E-state index contributed by atoms with van der Waals surface area (Å²) in [6, 6.07) is 16.1. The molecule has 0 aliphatic rings. The van der Waals surface area contributed by atoms with Gasteiger partial charge in [0.1, 0.15) is 12.4 Å². The second-order valence-corrected chi connectivity index (χ2v) is 8.78. The third kappa shape index (κ3) is 5.68. The Morgan fingerprint density at radius 2 is 1.74 bits per heavy atom. The highest BCUT2D eigenvalue weighted by molar-refractivity contribution is 9.10. The van der Waals surface area contributed by atoms with Gasteiger partial charge in [-0.05, 0) is 45.8 Å². The average molecular weight is 567 g/mol. The van der Waals surface area contributed by atoms with Crippen LogP contribution in [0.4, 0.5) is 18.0 Å². The molecule has 4 rings (SSSR count). The van der Waals surface area contributed by atoms with E-state index in [1.165, 1.54) is 24.3 Å². The van der Waals surface area contributed by atoms with E-state index < -0.39 is 23.3 Å². The summed E-state index contributed by atoms with van der Waals surface area (Å²) in [4.78, 5) is 25.6. The second-order valence-electron chi connectivity index (χ2n) is 7.49. The molecule has 5 nitrogen and oxygen atoms in total. The first-order valence-corrected chi connectivity index (χ1v) is 11.4. The van der Waals surface area contributed by atoms with Gasteiger partial charge in [-0.25, -0.2) is 4.79 Å². The minimum Gasteiger partial charge on any atom is -0.454 e. The lowest BCUT2D eigenvalue weighted by Gasteiger charge is -2.13. The lowest BCUT2D eigenvalue weighted by atomic mass is 10.0. The average Bonchev–Trinajstić information content (AvgIpc) is 2.82. The van der Waals surface area contributed by atoms with Crippen LogP contribution in [0.5, 0.6) is 0 Å². The van der Waals surface area contributed by atoms with Crippen molar-refractivity contribution in [3.05, 3.63) is 103 Å². The van der Waals surface area contributed by atoms with Crippen molar-refractivity contribution in [3.8, 4) is 11.3 Å². The minimum atomic E-state index is -4.52. The number of halogens is 5. The quantitative estimate of drug-likeness (QED) is 0.275. The fourth-order valence-corrected chi connectivity index (χ4v) is 4.29. The molecule has 0 atom stereocenters. The van der Waals surface area contributed by atoms with Crippen molar-refractivity contribution < 1.29 is 27.1 Å². The maximum atomic E-state index is 13.3. The fraction of sp³-hybridized carbons (Fsp3) is 0.120. The molecule has 1 aromatic heterocycles. The maximum absolute atomic E-state index is 13.3. The normalized spacial score (nSPS) is 11.5. The van der Waals surface area contributed by atoms with Crippen LogP contribution >= 0.6 is 27.5 Å². The van der Waals surface area contributed by atoms with Gasteiger partial charge in [-0.2, -0.15) is 13.2 Å². The Morgan fingerprint density at radius 3 is 2.40 bits per heavy atom. The van der Waals surface area contributed by atoms with Crippen molar-refractivity contribution in [1.29, 1.82) is 0 Å². The van der Waals surface area contributed by atoms with Crippen LogP contribution in [-0.4, -0.2) is 6.09 Å². The number of ether oxygens (including phenoxy) is 1. The number of carbonyl (C=O) groups excluding carboxylic acids is 1. The van der Waals surface area contributed by atoms with Crippen LogP contribution in [0.2, 0.25) is 5.02 Å². The number of alkyl halides is 3. The summed E-state index contributed by atoms with van der Waals surface area (Å²) in [6.45, 7) is -0.264. The molecule has 1 amide bonds. The van der Waals surface area contributed by atoms with Crippen LogP contribution in [0.3, 0.4) is 0 Å². The summed E-state index contributed by atoms with van der Waals surface area (Å²) >= 11 is 9.39. The van der Waals surface area contributed by atoms with E-state index in [-0.39, 0.29) is 46.0 Å². The van der Waals surface area contributed by atoms with Crippen molar-refractivity contribution in [2.45, 2.75) is 19.3 Å². The topological polar surface area (TPSA) is 68.5 Å². The molecule has 0 spiro atoms. The molecule has 0 bridgehead atoms. The molecule has 0 aliphatic heterocycles. The summed E-state index contributed by atoms with van der Waals surface area (Å²) in [6.07, 6.45) is -5.30. The van der Waals surface area contributed by atoms with E-state index in [2.05, 4.69) is 21.2 Å². The van der Waals surface area contributed by atoms with E-state index >= 15 is 0 Å². The Morgan fingerprint density at radius 1 is 1.06 bits per heavy atom. The highest BCUT2D eigenvalue weighted by atomic mass is 79.9. The van der Waals surface area contributed by atoms with E-state index in [4.69, 9.17) is 20.8 Å². The molecule has 0 saturated carbocycles. The molecule has 3 aromatic carbocycles. The highest BCUT2D eigenvalue weighted by Gasteiger charge is 2.30. The van der Waals surface area contributed by atoms with Gasteiger partial charge in [0.15, 0.2) is 11.0 Å². The predicted molar refractivity (Wildman–Crippen MR) is 129 cm³/mol. The van der Waals surface area contributed by atoms with Gasteiger partial charge >= 0.3 is 12.3 Å². The smallest absolute Gasteiger partial charge is 0.416 e. The molecule has 0 saturated heterocycles. The van der Waals surface area contributed by atoms with Crippen molar-refractivity contribution in [2.24, 2.45) is 0 Å². The molecule has 0 unspecified atom stereocenters. The van der Waals surface area contributed by atoms with Gasteiger partial charge in [-0.3, -0.25) is 4.79 Å². The van der Waals surface area contributed by atoms with E-state index in [9.17, 15) is 22.8 Å². The number of amides is 1. The van der Waals surface area contributed by atoms with Gasteiger partial charge < -0.3 is 14.5 Å². The van der Waals surface area contributed by atoms with Gasteiger partial charge in [-0.1, -0.05) is 54.1 Å². The molecule has 0 radical (unpaired) electrons. The number of fused-ring (bicyclic) bond motifs is 1. The number of nitrogens with one attached hydrogen (secondary N) is 1. The SMILES string of the molecule is O=C(NCc1c(-c2ccc(C(F)(F)F)cc2)oc2c(Br)cc(Cl)cc2c1=O)OCc1ccccc1. The zero-order valence-corrected chi connectivity index (χ0v) is 20.1. The van der Waals surface area contributed by atoms with Crippen LogP contribution in [0, 0.1) is 0 Å². The van der Waals surface area contributed by atoms with Crippen molar-refractivity contribution in [2.75, 3.05) is 0 Å². The van der Waals surface area contributed by atoms with Crippen LogP contribution in [0.1, 0.15) is 16.7 Å². The second kappa shape index (κ2) is 10.1. The van der Waals surface area contributed by atoms with Crippen LogP contribution < -0.4 is 10.7 Å². The Balaban J connectivity index is 1.69. The number of alkyl carbamates (subject to hydrolysis) is 1. The van der Waals surface area contributed by atoms with Gasteiger partial charge in [-0.15, -0.1) is 0 Å². The van der Waals surface area contributed by atoms with Crippen molar-refractivity contribution in [3.63, 3.8) is 0 Å². The monoisotopic (exact) mass is 565 g/mol. The van der Waals surface area contributed by atoms with Crippen LogP contribution in [0.15, 0.2) is 80.4 Å². The molecule has 0 fully saturated rings. The molecule has 1 N–H and O–H groups in total. The standard InChI is InChI=1S/C25H16BrClF3NO4/c26-20-11-17(27)10-18-21(32)19(12-31-24(33)34-13-14-4-2-1-3-5-14)22(35-23(18)20)15-6-8-16(9-7-15)25(28,29)30/h1-11H,12-13H2,(H,31,33).